The second-order valence-corrected chi connectivity index (χ2v) is 7.70. The Morgan fingerprint density at radius 1 is 1.35 bits per heavy atom. The van der Waals surface area contributed by atoms with Gasteiger partial charge in [-0.05, 0) is 28.1 Å². The van der Waals surface area contributed by atoms with E-state index in [1.807, 2.05) is 0 Å². The van der Waals surface area contributed by atoms with Gasteiger partial charge in [0.05, 0.1) is 31.6 Å². The van der Waals surface area contributed by atoms with Crippen molar-refractivity contribution in [2.24, 2.45) is 0 Å². The summed E-state index contributed by atoms with van der Waals surface area (Å²) < 4.78 is 38.8. The molecule has 0 bridgehead atoms. The van der Waals surface area contributed by atoms with Gasteiger partial charge in [0.1, 0.15) is 4.90 Å². The summed E-state index contributed by atoms with van der Waals surface area (Å²) in [6.07, 6.45) is -0.283. The van der Waals surface area contributed by atoms with Crippen molar-refractivity contribution in [2.75, 3.05) is 32.1 Å². The van der Waals surface area contributed by atoms with Crippen molar-refractivity contribution in [3.8, 4) is 0 Å². The minimum atomic E-state index is -3.72. The Bertz CT molecular complexity index is 565. The van der Waals surface area contributed by atoms with Crippen LogP contribution in [-0.4, -0.2) is 40.9 Å². The lowest BCUT2D eigenvalue weighted by molar-refractivity contribution is -0.0846. The molecule has 0 saturated carbocycles. The van der Waals surface area contributed by atoms with Crippen LogP contribution in [-0.2, 0) is 19.5 Å². The fourth-order valence-electron chi connectivity index (χ4n) is 1.79. The maximum Gasteiger partial charge on any atom is 0.243 e. The summed E-state index contributed by atoms with van der Waals surface area (Å²) in [5, 5.41) is 0. The molecule has 20 heavy (non-hydrogen) atoms. The van der Waals surface area contributed by atoms with Gasteiger partial charge in [-0.1, -0.05) is 15.9 Å². The van der Waals surface area contributed by atoms with Crippen LogP contribution in [0.3, 0.4) is 0 Å². The lowest BCUT2D eigenvalue weighted by Crippen LogP contribution is -2.39. The van der Waals surface area contributed by atoms with Crippen LogP contribution in [0.1, 0.15) is 0 Å². The summed E-state index contributed by atoms with van der Waals surface area (Å²) in [4.78, 5) is 0.0254. The minimum absolute atomic E-state index is 0.0254. The molecule has 0 aliphatic carbocycles. The Hall–Kier alpha value is -0.190. The maximum absolute atomic E-state index is 12.3. The molecule has 0 spiro atoms. The Morgan fingerprint density at radius 2 is 2.10 bits per heavy atom. The number of sulfonamides is 1. The highest BCUT2D eigenvalue weighted by atomic mass is 79.9. The van der Waals surface area contributed by atoms with Gasteiger partial charge in [-0.2, -0.15) is 0 Å². The predicted octanol–water partition coefficient (Wildman–Crippen LogP) is 1.49. The minimum Gasteiger partial charge on any atom is -0.398 e. The number of nitrogens with two attached hydrogens (primary N) is 1. The largest absolute Gasteiger partial charge is 0.398 e. The number of nitrogen functional groups attached to an aromatic ring is 1. The topological polar surface area (TPSA) is 90.7 Å². The molecule has 1 fully saturated rings. The summed E-state index contributed by atoms with van der Waals surface area (Å²) in [6, 6.07) is 3.17. The van der Waals surface area contributed by atoms with Gasteiger partial charge in [0.2, 0.25) is 10.0 Å². The number of ether oxygens (including phenoxy) is 2. The van der Waals surface area contributed by atoms with E-state index in [-0.39, 0.29) is 23.2 Å². The fraction of sp³-hybridized carbons (Fsp3) is 0.455. The molecule has 1 unspecified atom stereocenters. The van der Waals surface area contributed by atoms with Crippen molar-refractivity contribution < 1.29 is 17.9 Å². The zero-order valence-corrected chi connectivity index (χ0v) is 14.4. The standard InChI is InChI=1S/C11H14Br2N2O4S/c12-7-3-9(13)11(10(14)4-7)20(16,17)15-5-8-6-18-1-2-19-8/h3-4,8,15H,1-2,5-6,14H2. The molecule has 1 aliphatic heterocycles. The first-order valence-electron chi connectivity index (χ1n) is 5.83. The first-order chi connectivity index (χ1) is 9.40. The van der Waals surface area contributed by atoms with Gasteiger partial charge in [0, 0.05) is 15.5 Å². The van der Waals surface area contributed by atoms with E-state index in [4.69, 9.17) is 15.2 Å². The lowest BCUT2D eigenvalue weighted by Gasteiger charge is -2.23. The molecule has 1 atom stereocenters. The third-order valence-electron chi connectivity index (χ3n) is 2.69. The van der Waals surface area contributed by atoms with E-state index >= 15 is 0 Å². The first-order valence-corrected chi connectivity index (χ1v) is 8.90. The Kier molecular flexibility index (Phi) is 5.43. The average Bonchev–Trinajstić information content (AvgIpc) is 2.36. The summed E-state index contributed by atoms with van der Waals surface area (Å²) in [6.45, 7) is 1.52. The maximum atomic E-state index is 12.3. The van der Waals surface area contributed by atoms with Crippen molar-refractivity contribution in [2.45, 2.75) is 11.0 Å². The number of benzene rings is 1. The zero-order valence-electron chi connectivity index (χ0n) is 10.4. The van der Waals surface area contributed by atoms with E-state index < -0.39 is 10.0 Å². The highest BCUT2D eigenvalue weighted by molar-refractivity contribution is 9.11. The van der Waals surface area contributed by atoms with Gasteiger partial charge in [-0.25, -0.2) is 13.1 Å². The molecule has 2 rings (SSSR count). The summed E-state index contributed by atoms with van der Waals surface area (Å²) in [5.41, 5.74) is 5.95. The highest BCUT2D eigenvalue weighted by Gasteiger charge is 2.24. The van der Waals surface area contributed by atoms with Crippen molar-refractivity contribution >= 4 is 47.6 Å². The molecule has 1 aromatic rings. The second kappa shape index (κ2) is 6.71. The van der Waals surface area contributed by atoms with E-state index in [9.17, 15) is 8.42 Å². The van der Waals surface area contributed by atoms with Gasteiger partial charge in [-0.3, -0.25) is 0 Å². The predicted molar refractivity (Wildman–Crippen MR) is 82.0 cm³/mol. The molecule has 9 heteroatoms. The summed E-state index contributed by atoms with van der Waals surface area (Å²) in [5.74, 6) is 0. The van der Waals surface area contributed by atoms with Crippen molar-refractivity contribution in [3.05, 3.63) is 21.1 Å². The summed E-state index contributed by atoms with van der Waals surface area (Å²) >= 11 is 6.47. The van der Waals surface area contributed by atoms with E-state index in [1.165, 1.54) is 0 Å². The molecule has 1 aliphatic rings. The molecule has 0 aromatic heterocycles. The molecule has 1 aromatic carbocycles. The van der Waals surface area contributed by atoms with E-state index in [0.717, 1.165) is 0 Å². The quantitative estimate of drug-likeness (QED) is 0.707. The van der Waals surface area contributed by atoms with Gasteiger partial charge in [0.25, 0.3) is 0 Å². The molecule has 3 N–H and O–H groups in total. The number of anilines is 1. The molecule has 0 amide bonds. The SMILES string of the molecule is Nc1cc(Br)cc(Br)c1S(=O)(=O)NCC1COCCO1. The van der Waals surface area contributed by atoms with E-state index in [2.05, 4.69) is 36.6 Å². The number of halogens is 2. The number of hydrogen-bond acceptors (Lipinski definition) is 5. The third kappa shape index (κ3) is 3.92. The average molecular weight is 430 g/mol. The molecular formula is C11H14Br2N2O4S. The highest BCUT2D eigenvalue weighted by Crippen LogP contribution is 2.31. The van der Waals surface area contributed by atoms with Crippen LogP contribution in [0, 0.1) is 0 Å². The van der Waals surface area contributed by atoms with E-state index in [1.54, 1.807) is 12.1 Å². The van der Waals surface area contributed by atoms with Crippen LogP contribution in [0.25, 0.3) is 0 Å². The number of rotatable bonds is 4. The molecule has 0 radical (unpaired) electrons. The van der Waals surface area contributed by atoms with Crippen LogP contribution in [0.15, 0.2) is 26.0 Å². The molecule has 1 saturated heterocycles. The Labute approximate surface area is 134 Å². The van der Waals surface area contributed by atoms with Crippen LogP contribution in [0.5, 0.6) is 0 Å². The second-order valence-electron chi connectivity index (χ2n) is 4.23. The molecular weight excluding hydrogens is 416 g/mol. The lowest BCUT2D eigenvalue weighted by atomic mass is 10.3. The van der Waals surface area contributed by atoms with Gasteiger partial charge in [-0.15, -0.1) is 0 Å². The van der Waals surface area contributed by atoms with Crippen molar-refractivity contribution in [3.63, 3.8) is 0 Å². The van der Waals surface area contributed by atoms with Gasteiger partial charge < -0.3 is 15.2 Å². The molecule has 112 valence electrons. The van der Waals surface area contributed by atoms with Gasteiger partial charge in [0.15, 0.2) is 0 Å². The zero-order chi connectivity index (χ0) is 14.8. The van der Waals surface area contributed by atoms with Crippen LogP contribution < -0.4 is 10.5 Å². The smallest absolute Gasteiger partial charge is 0.243 e. The first kappa shape index (κ1) is 16.2. The van der Waals surface area contributed by atoms with Crippen LogP contribution >= 0.6 is 31.9 Å². The van der Waals surface area contributed by atoms with E-state index in [0.29, 0.717) is 28.8 Å². The normalized spacial score (nSPS) is 20.0. The van der Waals surface area contributed by atoms with Crippen molar-refractivity contribution in [1.82, 2.24) is 4.72 Å². The fourth-order valence-corrected chi connectivity index (χ4v) is 4.93. The van der Waals surface area contributed by atoms with Gasteiger partial charge >= 0.3 is 0 Å². The number of nitrogens with one attached hydrogen (secondary N) is 1. The third-order valence-corrected chi connectivity index (χ3v) is 5.58. The van der Waals surface area contributed by atoms with Crippen LogP contribution in [0.2, 0.25) is 0 Å². The number of hydrogen-bond donors (Lipinski definition) is 2. The summed E-state index contributed by atoms with van der Waals surface area (Å²) in [7, 11) is -3.72. The Morgan fingerprint density at radius 3 is 2.70 bits per heavy atom. The van der Waals surface area contributed by atoms with Crippen molar-refractivity contribution in [1.29, 1.82) is 0 Å². The Balaban J connectivity index is 2.14. The van der Waals surface area contributed by atoms with Crippen LogP contribution in [0.4, 0.5) is 5.69 Å². The molecule has 1 heterocycles. The monoisotopic (exact) mass is 428 g/mol. The molecule has 6 nitrogen and oxygen atoms in total.